The maximum Gasteiger partial charge on any atom is 0.187 e. The van der Waals surface area contributed by atoms with Gasteiger partial charge in [-0.05, 0) is 11.5 Å². The van der Waals surface area contributed by atoms with Crippen LogP contribution in [0.4, 0.5) is 5.69 Å². The van der Waals surface area contributed by atoms with E-state index in [1.807, 2.05) is 36.4 Å². The van der Waals surface area contributed by atoms with Gasteiger partial charge in [0.05, 0.1) is 19.3 Å². The second kappa shape index (κ2) is 11.5. The van der Waals surface area contributed by atoms with Crippen molar-refractivity contribution in [2.75, 3.05) is 25.1 Å². The molecule has 0 aromatic heterocycles. The van der Waals surface area contributed by atoms with E-state index in [0.717, 1.165) is 10.8 Å². The summed E-state index contributed by atoms with van der Waals surface area (Å²) in [5, 5.41) is 84.9. The molecular weight excluding hydrogens is 438 g/mol. The molecule has 11 nitrogen and oxygen atoms in total. The van der Waals surface area contributed by atoms with Crippen molar-refractivity contribution in [1.82, 2.24) is 0 Å². The number of ether oxygens (including phenoxy) is 2. The average molecular weight is 469 g/mol. The summed E-state index contributed by atoms with van der Waals surface area (Å²) < 4.78 is 10.6. The molecule has 0 radical (unpaired) electrons. The molecule has 0 bridgehead atoms. The van der Waals surface area contributed by atoms with Gasteiger partial charge in [0.25, 0.3) is 0 Å². The van der Waals surface area contributed by atoms with Crippen LogP contribution in [0.2, 0.25) is 0 Å². The molecule has 184 valence electrons. The molecule has 1 aliphatic heterocycles. The van der Waals surface area contributed by atoms with Crippen molar-refractivity contribution >= 4 is 16.5 Å². The fourth-order valence-corrected chi connectivity index (χ4v) is 3.77. The lowest BCUT2D eigenvalue weighted by atomic mass is 9.98. The highest BCUT2D eigenvalue weighted by Crippen LogP contribution is 2.26. The SMILES string of the molecule is OCC(O)C(OC1OC(CO)C(O)C(O)C1O)C(O)C(O)CNc1cccc2ccccc12. The second-order valence-electron chi connectivity index (χ2n) is 8.01. The van der Waals surface area contributed by atoms with E-state index in [-0.39, 0.29) is 6.54 Å². The smallest absolute Gasteiger partial charge is 0.187 e. The molecule has 9 N–H and O–H groups in total. The Labute approximate surface area is 190 Å². The summed E-state index contributed by atoms with van der Waals surface area (Å²) >= 11 is 0. The van der Waals surface area contributed by atoms with Crippen molar-refractivity contribution in [3.63, 3.8) is 0 Å². The Kier molecular flexibility index (Phi) is 8.95. The Hall–Kier alpha value is -1.90. The highest BCUT2D eigenvalue weighted by molar-refractivity contribution is 5.93. The Balaban J connectivity index is 1.70. The number of nitrogens with one attached hydrogen (secondary N) is 1. The zero-order chi connectivity index (χ0) is 24.1. The fraction of sp³-hybridized carbons (Fsp3) is 0.545. The first kappa shape index (κ1) is 25.7. The van der Waals surface area contributed by atoms with E-state index in [2.05, 4.69) is 5.32 Å². The number of hydrogen-bond acceptors (Lipinski definition) is 11. The largest absolute Gasteiger partial charge is 0.394 e. The fourth-order valence-electron chi connectivity index (χ4n) is 3.77. The zero-order valence-electron chi connectivity index (χ0n) is 17.8. The van der Waals surface area contributed by atoms with Gasteiger partial charge < -0.3 is 55.6 Å². The summed E-state index contributed by atoms with van der Waals surface area (Å²) in [6.07, 6.45) is -14.6. The third kappa shape index (κ3) is 5.78. The Morgan fingerprint density at radius 2 is 1.58 bits per heavy atom. The molecule has 9 unspecified atom stereocenters. The lowest BCUT2D eigenvalue weighted by Crippen LogP contribution is -2.61. The van der Waals surface area contributed by atoms with Crippen LogP contribution in [-0.4, -0.2) is 116 Å². The lowest BCUT2D eigenvalue weighted by Gasteiger charge is -2.42. The monoisotopic (exact) mass is 469 g/mol. The lowest BCUT2D eigenvalue weighted by molar-refractivity contribution is -0.326. The van der Waals surface area contributed by atoms with Gasteiger partial charge in [-0.2, -0.15) is 0 Å². The van der Waals surface area contributed by atoms with Crippen molar-refractivity contribution in [1.29, 1.82) is 0 Å². The Bertz CT molecular complexity index is 878. The third-order valence-electron chi connectivity index (χ3n) is 5.73. The molecule has 1 heterocycles. The zero-order valence-corrected chi connectivity index (χ0v) is 17.8. The summed E-state index contributed by atoms with van der Waals surface area (Å²) in [6, 6.07) is 13.1. The van der Waals surface area contributed by atoms with Gasteiger partial charge in [0.1, 0.15) is 42.7 Å². The first-order chi connectivity index (χ1) is 15.8. The number of anilines is 1. The Morgan fingerprint density at radius 1 is 0.879 bits per heavy atom. The van der Waals surface area contributed by atoms with E-state index in [9.17, 15) is 40.9 Å². The van der Waals surface area contributed by atoms with E-state index < -0.39 is 68.3 Å². The van der Waals surface area contributed by atoms with Gasteiger partial charge in [0.2, 0.25) is 0 Å². The summed E-state index contributed by atoms with van der Waals surface area (Å²) in [4.78, 5) is 0. The summed E-state index contributed by atoms with van der Waals surface area (Å²) in [5.74, 6) is 0. The number of aliphatic hydroxyl groups is 8. The summed E-state index contributed by atoms with van der Waals surface area (Å²) in [7, 11) is 0. The minimum Gasteiger partial charge on any atom is -0.394 e. The maximum absolute atomic E-state index is 10.6. The average Bonchev–Trinajstić information content (AvgIpc) is 2.84. The standard InChI is InChI=1S/C22H31NO10/c24-9-15(27)21(33-22-20(31)19(30)18(29)16(10-25)32-22)17(28)14(26)8-23-13-7-3-5-11-4-1-2-6-12(11)13/h1-7,14-31H,8-10H2. The molecule has 33 heavy (non-hydrogen) atoms. The first-order valence-electron chi connectivity index (χ1n) is 10.6. The quantitative estimate of drug-likeness (QED) is 0.179. The number of rotatable bonds is 10. The van der Waals surface area contributed by atoms with E-state index in [0.29, 0.717) is 5.69 Å². The van der Waals surface area contributed by atoms with Crippen molar-refractivity contribution < 1.29 is 50.3 Å². The van der Waals surface area contributed by atoms with Crippen LogP contribution in [0.15, 0.2) is 42.5 Å². The summed E-state index contributed by atoms with van der Waals surface area (Å²) in [6.45, 7) is -1.69. The van der Waals surface area contributed by atoms with Gasteiger partial charge >= 0.3 is 0 Å². The van der Waals surface area contributed by atoms with E-state index in [1.54, 1.807) is 6.07 Å². The van der Waals surface area contributed by atoms with E-state index >= 15 is 0 Å². The van der Waals surface area contributed by atoms with Gasteiger partial charge in [0, 0.05) is 17.6 Å². The molecule has 0 saturated carbocycles. The minimum absolute atomic E-state index is 0.151. The molecule has 1 aliphatic rings. The van der Waals surface area contributed by atoms with Gasteiger partial charge in [-0.15, -0.1) is 0 Å². The Morgan fingerprint density at radius 3 is 2.27 bits per heavy atom. The number of fused-ring (bicyclic) bond motifs is 1. The number of benzene rings is 2. The molecule has 9 atom stereocenters. The molecule has 0 aliphatic carbocycles. The van der Waals surface area contributed by atoms with Gasteiger partial charge in [-0.3, -0.25) is 0 Å². The second-order valence-corrected chi connectivity index (χ2v) is 8.01. The van der Waals surface area contributed by atoms with Crippen molar-refractivity contribution in [3.05, 3.63) is 42.5 Å². The number of aliphatic hydroxyl groups excluding tert-OH is 8. The highest BCUT2D eigenvalue weighted by Gasteiger charge is 2.46. The molecule has 2 aromatic carbocycles. The van der Waals surface area contributed by atoms with Crippen LogP contribution in [0.1, 0.15) is 0 Å². The summed E-state index contributed by atoms with van der Waals surface area (Å²) in [5.41, 5.74) is 0.702. The minimum atomic E-state index is -1.78. The molecule has 1 saturated heterocycles. The van der Waals surface area contributed by atoms with Crippen LogP contribution >= 0.6 is 0 Å². The predicted octanol–water partition coefficient (Wildman–Crippen LogP) is -2.49. The first-order valence-corrected chi connectivity index (χ1v) is 10.6. The van der Waals surface area contributed by atoms with Gasteiger partial charge in [-0.25, -0.2) is 0 Å². The molecule has 3 rings (SSSR count). The van der Waals surface area contributed by atoms with Gasteiger partial charge in [-0.1, -0.05) is 36.4 Å². The van der Waals surface area contributed by atoms with E-state index in [1.165, 1.54) is 0 Å². The van der Waals surface area contributed by atoms with Gasteiger partial charge in [0.15, 0.2) is 6.29 Å². The molecular formula is C22H31NO10. The van der Waals surface area contributed by atoms with Crippen LogP contribution in [0.3, 0.4) is 0 Å². The molecule has 1 fully saturated rings. The normalized spacial score (nSPS) is 29.4. The van der Waals surface area contributed by atoms with Crippen LogP contribution in [-0.2, 0) is 9.47 Å². The van der Waals surface area contributed by atoms with Crippen molar-refractivity contribution in [2.45, 2.75) is 55.1 Å². The molecule has 2 aromatic rings. The highest BCUT2D eigenvalue weighted by atomic mass is 16.7. The topological polar surface area (TPSA) is 192 Å². The van der Waals surface area contributed by atoms with Crippen LogP contribution < -0.4 is 5.32 Å². The van der Waals surface area contributed by atoms with Crippen LogP contribution in [0.25, 0.3) is 10.8 Å². The maximum atomic E-state index is 10.6. The number of hydrogen-bond donors (Lipinski definition) is 9. The van der Waals surface area contributed by atoms with Crippen molar-refractivity contribution in [3.8, 4) is 0 Å². The molecule has 11 heteroatoms. The molecule has 0 amide bonds. The van der Waals surface area contributed by atoms with E-state index in [4.69, 9.17) is 9.47 Å². The van der Waals surface area contributed by atoms with Crippen LogP contribution in [0, 0.1) is 0 Å². The molecule has 0 spiro atoms. The van der Waals surface area contributed by atoms with Crippen LogP contribution in [0.5, 0.6) is 0 Å². The third-order valence-corrected chi connectivity index (χ3v) is 5.73. The van der Waals surface area contributed by atoms with Crippen molar-refractivity contribution in [2.24, 2.45) is 0 Å². The predicted molar refractivity (Wildman–Crippen MR) is 116 cm³/mol.